The summed E-state index contributed by atoms with van der Waals surface area (Å²) >= 11 is 1.78. The van der Waals surface area contributed by atoms with Crippen molar-refractivity contribution in [3.63, 3.8) is 0 Å². The number of rotatable bonds is 4. The van der Waals surface area contributed by atoms with E-state index < -0.39 is 0 Å². The van der Waals surface area contributed by atoms with Gasteiger partial charge in [-0.25, -0.2) is 9.97 Å². The topological polar surface area (TPSA) is 41.5 Å². The monoisotopic (exact) mass is 330 g/mol. The highest BCUT2D eigenvalue weighted by atomic mass is 32.1. The fourth-order valence-electron chi connectivity index (χ4n) is 3.64. The molecule has 0 N–H and O–H groups in total. The molecule has 4 rings (SSSR count). The minimum absolute atomic E-state index is 0.465. The Morgan fingerprint density at radius 3 is 2.83 bits per heavy atom. The molecule has 2 aliphatic rings. The first-order valence-electron chi connectivity index (χ1n) is 8.16. The second-order valence-electron chi connectivity index (χ2n) is 6.56. The van der Waals surface area contributed by atoms with Crippen LogP contribution in [-0.4, -0.2) is 58.7 Å². The Morgan fingerprint density at radius 2 is 2.00 bits per heavy atom. The maximum atomic E-state index is 5.92. The fraction of sp³-hybridized carbons (Fsp3) is 0.529. The van der Waals surface area contributed by atoms with Gasteiger partial charge in [0.1, 0.15) is 6.33 Å². The third kappa shape index (κ3) is 3.77. The van der Waals surface area contributed by atoms with E-state index in [9.17, 15) is 0 Å². The highest BCUT2D eigenvalue weighted by Gasteiger charge is 2.33. The van der Waals surface area contributed by atoms with Crippen LogP contribution in [0.2, 0.25) is 0 Å². The quantitative estimate of drug-likeness (QED) is 0.856. The van der Waals surface area contributed by atoms with Crippen LogP contribution < -0.4 is 0 Å². The lowest BCUT2D eigenvalue weighted by atomic mass is 10.1. The number of hydrogen-bond acceptors (Lipinski definition) is 6. The van der Waals surface area contributed by atoms with E-state index in [1.165, 1.54) is 11.1 Å². The largest absolute Gasteiger partial charge is 0.379 e. The van der Waals surface area contributed by atoms with Crippen LogP contribution in [0.1, 0.15) is 11.1 Å². The van der Waals surface area contributed by atoms with Crippen molar-refractivity contribution in [2.45, 2.75) is 19.1 Å². The van der Waals surface area contributed by atoms with E-state index in [1.807, 2.05) is 12.4 Å². The molecule has 6 heteroatoms. The minimum atomic E-state index is 0.465. The molecule has 2 bridgehead atoms. The Morgan fingerprint density at radius 1 is 1.09 bits per heavy atom. The zero-order chi connectivity index (χ0) is 15.5. The van der Waals surface area contributed by atoms with Crippen LogP contribution in [0.4, 0.5) is 0 Å². The molecule has 0 spiro atoms. The SMILES string of the molecule is c1ncc(CN2C[C@@H]3COC[C@H](C2)N(Cc2ccsc2)C3)cn1. The van der Waals surface area contributed by atoms with Gasteiger partial charge in [-0.15, -0.1) is 0 Å². The van der Waals surface area contributed by atoms with Gasteiger partial charge in [-0.1, -0.05) is 0 Å². The molecule has 4 heterocycles. The van der Waals surface area contributed by atoms with Gasteiger partial charge in [-0.05, 0) is 22.4 Å². The van der Waals surface area contributed by atoms with Crippen LogP contribution >= 0.6 is 11.3 Å². The molecular weight excluding hydrogens is 308 g/mol. The van der Waals surface area contributed by atoms with Crippen LogP contribution in [0.25, 0.3) is 0 Å². The van der Waals surface area contributed by atoms with Gasteiger partial charge in [-0.3, -0.25) is 9.80 Å². The summed E-state index contributed by atoms with van der Waals surface area (Å²) < 4.78 is 5.92. The molecule has 2 atom stereocenters. The van der Waals surface area contributed by atoms with Gasteiger partial charge in [0.25, 0.3) is 0 Å². The van der Waals surface area contributed by atoms with Crippen molar-refractivity contribution in [3.8, 4) is 0 Å². The first kappa shape index (κ1) is 15.2. The maximum absolute atomic E-state index is 5.92. The smallest absolute Gasteiger partial charge is 0.115 e. The molecule has 0 amide bonds. The summed E-state index contributed by atoms with van der Waals surface area (Å²) in [5.41, 5.74) is 2.61. The van der Waals surface area contributed by atoms with E-state index in [2.05, 4.69) is 36.6 Å². The Kier molecular flexibility index (Phi) is 4.66. The van der Waals surface area contributed by atoms with E-state index in [4.69, 9.17) is 4.74 Å². The summed E-state index contributed by atoms with van der Waals surface area (Å²) in [6.07, 6.45) is 5.44. The molecule has 0 aromatic carbocycles. The van der Waals surface area contributed by atoms with Gasteiger partial charge >= 0.3 is 0 Å². The lowest BCUT2D eigenvalue weighted by Gasteiger charge is -2.31. The lowest BCUT2D eigenvalue weighted by Crippen LogP contribution is -2.43. The molecule has 2 fully saturated rings. The summed E-state index contributed by atoms with van der Waals surface area (Å²) in [5, 5.41) is 4.42. The molecule has 2 aromatic rings. The second kappa shape index (κ2) is 7.05. The van der Waals surface area contributed by atoms with Gasteiger partial charge in [0, 0.05) is 62.6 Å². The van der Waals surface area contributed by atoms with Crippen molar-refractivity contribution in [1.82, 2.24) is 19.8 Å². The van der Waals surface area contributed by atoms with Crippen molar-refractivity contribution in [1.29, 1.82) is 0 Å². The molecular formula is C17H22N4OS. The van der Waals surface area contributed by atoms with Gasteiger partial charge in [0.15, 0.2) is 0 Å². The van der Waals surface area contributed by atoms with Crippen LogP contribution in [0.5, 0.6) is 0 Å². The normalized spacial score (nSPS) is 26.1. The summed E-state index contributed by atoms with van der Waals surface area (Å²) in [6, 6.07) is 2.70. The van der Waals surface area contributed by atoms with Crippen LogP contribution in [0.3, 0.4) is 0 Å². The van der Waals surface area contributed by atoms with Gasteiger partial charge in [0.2, 0.25) is 0 Å². The molecule has 122 valence electrons. The number of fused-ring (bicyclic) bond motifs is 3. The van der Waals surface area contributed by atoms with Crippen molar-refractivity contribution in [3.05, 3.63) is 46.7 Å². The Labute approximate surface area is 140 Å². The molecule has 23 heavy (non-hydrogen) atoms. The Hall–Kier alpha value is -1.34. The second-order valence-corrected chi connectivity index (χ2v) is 7.34. The predicted octanol–water partition coefficient (Wildman–Crippen LogP) is 1.87. The van der Waals surface area contributed by atoms with E-state index in [1.54, 1.807) is 17.7 Å². The average Bonchev–Trinajstić information content (AvgIpc) is 2.91. The van der Waals surface area contributed by atoms with Gasteiger partial charge < -0.3 is 4.74 Å². The third-order valence-corrected chi connectivity index (χ3v) is 5.38. The predicted molar refractivity (Wildman–Crippen MR) is 90.1 cm³/mol. The van der Waals surface area contributed by atoms with Crippen LogP contribution in [0.15, 0.2) is 35.5 Å². The highest BCUT2D eigenvalue weighted by molar-refractivity contribution is 7.07. The highest BCUT2D eigenvalue weighted by Crippen LogP contribution is 2.23. The zero-order valence-electron chi connectivity index (χ0n) is 13.2. The van der Waals surface area contributed by atoms with Crippen molar-refractivity contribution in [2.24, 2.45) is 5.92 Å². The molecule has 2 aromatic heterocycles. The molecule has 0 radical (unpaired) electrons. The van der Waals surface area contributed by atoms with Gasteiger partial charge in [0.05, 0.1) is 13.2 Å². The average molecular weight is 330 g/mol. The van der Waals surface area contributed by atoms with Gasteiger partial charge in [-0.2, -0.15) is 11.3 Å². The summed E-state index contributed by atoms with van der Waals surface area (Å²) in [4.78, 5) is 13.4. The molecule has 2 saturated heterocycles. The Balaban J connectivity index is 1.47. The van der Waals surface area contributed by atoms with E-state index in [0.717, 1.165) is 45.9 Å². The summed E-state index contributed by atoms with van der Waals surface area (Å²) in [5.74, 6) is 0.575. The summed E-state index contributed by atoms with van der Waals surface area (Å²) in [6.45, 7) is 6.95. The van der Waals surface area contributed by atoms with Crippen molar-refractivity contribution in [2.75, 3.05) is 32.8 Å². The van der Waals surface area contributed by atoms with Crippen LogP contribution in [-0.2, 0) is 17.8 Å². The van der Waals surface area contributed by atoms with E-state index in [-0.39, 0.29) is 0 Å². The molecule has 0 saturated carbocycles. The van der Waals surface area contributed by atoms with Crippen molar-refractivity contribution >= 4 is 11.3 Å². The Bertz CT molecular complexity index is 606. The van der Waals surface area contributed by atoms with Crippen molar-refractivity contribution < 1.29 is 4.74 Å². The molecule has 2 aliphatic heterocycles. The standard InChI is InChI=1S/C17H22N4OS/c1-2-23-12-14(1)7-21-8-16-6-20(9-17(21)11-22-10-16)5-15-3-18-13-19-4-15/h1-4,12-13,16-17H,5-11H2/t16-,17-/m0/s1. The first-order chi connectivity index (χ1) is 11.4. The third-order valence-electron chi connectivity index (χ3n) is 4.64. The van der Waals surface area contributed by atoms with Crippen LogP contribution in [0, 0.1) is 5.92 Å². The number of nitrogens with zero attached hydrogens (tertiary/aromatic N) is 4. The molecule has 5 nitrogen and oxygen atoms in total. The van der Waals surface area contributed by atoms with E-state index >= 15 is 0 Å². The number of hydrogen-bond donors (Lipinski definition) is 0. The maximum Gasteiger partial charge on any atom is 0.115 e. The molecule has 0 unspecified atom stereocenters. The minimum Gasteiger partial charge on any atom is -0.379 e. The molecule has 0 aliphatic carbocycles. The number of aromatic nitrogens is 2. The summed E-state index contributed by atoms with van der Waals surface area (Å²) in [7, 11) is 0. The zero-order valence-corrected chi connectivity index (χ0v) is 14.0. The van der Waals surface area contributed by atoms with E-state index in [0.29, 0.717) is 12.0 Å². The number of ether oxygens (including phenoxy) is 1. The number of thiophene rings is 1. The lowest BCUT2D eigenvalue weighted by molar-refractivity contribution is 0.0470. The first-order valence-corrected chi connectivity index (χ1v) is 9.10. The fourth-order valence-corrected chi connectivity index (χ4v) is 4.30.